The van der Waals surface area contributed by atoms with Crippen molar-refractivity contribution >= 4 is 11.6 Å². The molecule has 0 N–H and O–H groups in total. The molecule has 0 aromatic heterocycles. The molecular formula is C18H19Cl. The minimum atomic E-state index is 0.511. The van der Waals surface area contributed by atoms with E-state index < -0.39 is 0 Å². The van der Waals surface area contributed by atoms with E-state index in [1.165, 1.54) is 35.1 Å². The number of benzene rings is 2. The van der Waals surface area contributed by atoms with E-state index in [1.54, 1.807) is 0 Å². The molecule has 1 aliphatic rings. The molecule has 0 atom stereocenters. The van der Waals surface area contributed by atoms with E-state index in [1.807, 2.05) is 6.07 Å². The highest BCUT2D eigenvalue weighted by Gasteiger charge is 2.23. The number of hydrogen-bond acceptors (Lipinski definition) is 0. The topological polar surface area (TPSA) is 0 Å². The van der Waals surface area contributed by atoms with Gasteiger partial charge in [0.2, 0.25) is 0 Å². The molecule has 0 heterocycles. The van der Waals surface area contributed by atoms with E-state index >= 15 is 0 Å². The largest absolute Gasteiger partial charge is 0.0843 e. The second kappa shape index (κ2) is 5.02. The van der Waals surface area contributed by atoms with Crippen LogP contribution in [0.5, 0.6) is 0 Å². The van der Waals surface area contributed by atoms with E-state index in [9.17, 15) is 0 Å². The summed E-state index contributed by atoms with van der Waals surface area (Å²) in [6.45, 7) is 4.47. The smallest absolute Gasteiger partial charge is 0.0412 e. The van der Waals surface area contributed by atoms with Gasteiger partial charge >= 0.3 is 0 Å². The van der Waals surface area contributed by atoms with Gasteiger partial charge < -0.3 is 0 Å². The molecule has 1 saturated carbocycles. The molecule has 0 nitrogen and oxygen atoms in total. The van der Waals surface area contributed by atoms with E-state index in [0.29, 0.717) is 5.92 Å². The average Bonchev–Trinajstić information content (AvgIpc) is 3.23. The SMILES string of the molecule is CC(C)c1ccc(Cl)cc1-c1cccc(C2CC2)c1. The molecule has 19 heavy (non-hydrogen) atoms. The van der Waals surface area contributed by atoms with Gasteiger partial charge in [0.25, 0.3) is 0 Å². The van der Waals surface area contributed by atoms with Gasteiger partial charge in [-0.25, -0.2) is 0 Å². The van der Waals surface area contributed by atoms with E-state index in [4.69, 9.17) is 11.6 Å². The van der Waals surface area contributed by atoms with Gasteiger partial charge in [0.05, 0.1) is 0 Å². The van der Waals surface area contributed by atoms with Crippen molar-refractivity contribution in [3.05, 3.63) is 58.6 Å². The molecule has 0 spiro atoms. The van der Waals surface area contributed by atoms with Crippen LogP contribution in [0.2, 0.25) is 5.02 Å². The Balaban J connectivity index is 2.09. The molecule has 0 radical (unpaired) electrons. The Morgan fingerprint density at radius 1 is 1.05 bits per heavy atom. The summed E-state index contributed by atoms with van der Waals surface area (Å²) < 4.78 is 0. The first-order valence-electron chi connectivity index (χ1n) is 7.05. The van der Waals surface area contributed by atoms with Crippen LogP contribution in [0, 0.1) is 0 Å². The number of rotatable bonds is 3. The molecule has 2 aromatic rings. The number of hydrogen-bond donors (Lipinski definition) is 0. The van der Waals surface area contributed by atoms with Gasteiger partial charge in [0.1, 0.15) is 0 Å². The predicted octanol–water partition coefficient (Wildman–Crippen LogP) is 6.01. The molecule has 1 fully saturated rings. The summed E-state index contributed by atoms with van der Waals surface area (Å²) >= 11 is 6.19. The van der Waals surface area contributed by atoms with Gasteiger partial charge in [-0.2, -0.15) is 0 Å². The molecule has 0 aliphatic heterocycles. The molecule has 0 unspecified atom stereocenters. The first kappa shape index (κ1) is 12.7. The van der Waals surface area contributed by atoms with Crippen molar-refractivity contribution in [1.82, 2.24) is 0 Å². The lowest BCUT2D eigenvalue weighted by atomic mass is 9.91. The van der Waals surface area contributed by atoms with E-state index in [-0.39, 0.29) is 0 Å². The number of halogens is 1. The molecule has 1 heteroatoms. The molecule has 0 amide bonds. The van der Waals surface area contributed by atoms with Crippen molar-refractivity contribution in [1.29, 1.82) is 0 Å². The Morgan fingerprint density at radius 2 is 1.84 bits per heavy atom. The summed E-state index contributed by atoms with van der Waals surface area (Å²) in [6.07, 6.45) is 2.69. The maximum absolute atomic E-state index is 6.19. The normalized spacial score (nSPS) is 14.9. The van der Waals surface area contributed by atoms with Gasteiger partial charge in [0, 0.05) is 5.02 Å². The predicted molar refractivity (Wildman–Crippen MR) is 83.0 cm³/mol. The van der Waals surface area contributed by atoms with Crippen molar-refractivity contribution in [2.24, 2.45) is 0 Å². The van der Waals surface area contributed by atoms with Crippen molar-refractivity contribution in [2.75, 3.05) is 0 Å². The van der Waals surface area contributed by atoms with Crippen molar-refractivity contribution in [3.63, 3.8) is 0 Å². The maximum atomic E-state index is 6.19. The first-order chi connectivity index (χ1) is 9.15. The summed E-state index contributed by atoms with van der Waals surface area (Å²) in [6, 6.07) is 15.2. The van der Waals surface area contributed by atoms with Crippen LogP contribution in [-0.2, 0) is 0 Å². The van der Waals surface area contributed by atoms with Gasteiger partial charge in [0.15, 0.2) is 0 Å². The Labute approximate surface area is 120 Å². The zero-order valence-electron chi connectivity index (χ0n) is 11.5. The zero-order valence-corrected chi connectivity index (χ0v) is 12.2. The first-order valence-corrected chi connectivity index (χ1v) is 7.42. The average molecular weight is 271 g/mol. The lowest BCUT2D eigenvalue weighted by Gasteiger charge is -2.14. The third-order valence-corrected chi connectivity index (χ3v) is 4.12. The van der Waals surface area contributed by atoms with Crippen LogP contribution in [0.4, 0.5) is 0 Å². The van der Waals surface area contributed by atoms with Crippen LogP contribution in [0.3, 0.4) is 0 Å². The molecular weight excluding hydrogens is 252 g/mol. The fourth-order valence-electron chi connectivity index (χ4n) is 2.66. The molecule has 3 rings (SSSR count). The van der Waals surface area contributed by atoms with Crippen molar-refractivity contribution < 1.29 is 0 Å². The van der Waals surface area contributed by atoms with Crippen LogP contribution in [0.1, 0.15) is 49.7 Å². The quantitative estimate of drug-likeness (QED) is 0.641. The summed E-state index contributed by atoms with van der Waals surface area (Å²) in [5, 5.41) is 0.816. The monoisotopic (exact) mass is 270 g/mol. The summed E-state index contributed by atoms with van der Waals surface area (Å²) in [7, 11) is 0. The van der Waals surface area contributed by atoms with E-state index in [0.717, 1.165) is 10.9 Å². The van der Waals surface area contributed by atoms with Crippen molar-refractivity contribution in [3.8, 4) is 11.1 Å². The Morgan fingerprint density at radius 3 is 2.53 bits per heavy atom. The summed E-state index contributed by atoms with van der Waals surface area (Å²) in [5.74, 6) is 1.30. The van der Waals surface area contributed by atoms with Gasteiger partial charge in [-0.05, 0) is 59.1 Å². The molecule has 2 aromatic carbocycles. The van der Waals surface area contributed by atoms with Gasteiger partial charge in [-0.15, -0.1) is 0 Å². The van der Waals surface area contributed by atoms with E-state index in [2.05, 4.69) is 50.2 Å². The minimum absolute atomic E-state index is 0.511. The molecule has 0 bridgehead atoms. The standard InChI is InChI=1S/C18H19Cl/c1-12(2)17-9-8-16(19)11-18(17)15-5-3-4-14(10-15)13-6-7-13/h3-5,8-13H,6-7H2,1-2H3. The maximum Gasteiger partial charge on any atom is 0.0412 e. The highest BCUT2D eigenvalue weighted by molar-refractivity contribution is 6.30. The molecule has 98 valence electrons. The third-order valence-electron chi connectivity index (χ3n) is 3.88. The van der Waals surface area contributed by atoms with Gasteiger partial charge in [-0.1, -0.05) is 55.8 Å². The zero-order chi connectivity index (χ0) is 13.4. The Kier molecular flexibility index (Phi) is 3.36. The van der Waals surface area contributed by atoms with Crippen molar-refractivity contribution in [2.45, 2.75) is 38.5 Å². The highest BCUT2D eigenvalue weighted by Crippen LogP contribution is 2.41. The van der Waals surface area contributed by atoms with Crippen LogP contribution in [-0.4, -0.2) is 0 Å². The fraction of sp³-hybridized carbons (Fsp3) is 0.333. The lowest BCUT2D eigenvalue weighted by Crippen LogP contribution is -1.93. The third kappa shape index (κ3) is 2.69. The Hall–Kier alpha value is -1.27. The summed E-state index contributed by atoms with van der Waals surface area (Å²) in [5.41, 5.74) is 5.44. The molecule has 1 aliphatic carbocycles. The minimum Gasteiger partial charge on any atom is -0.0843 e. The Bertz CT molecular complexity index is 594. The second-order valence-electron chi connectivity index (χ2n) is 5.79. The molecule has 0 saturated heterocycles. The van der Waals surface area contributed by atoms with Gasteiger partial charge in [-0.3, -0.25) is 0 Å². The lowest BCUT2D eigenvalue weighted by molar-refractivity contribution is 0.869. The second-order valence-corrected chi connectivity index (χ2v) is 6.22. The van der Waals surface area contributed by atoms with Crippen LogP contribution in [0.15, 0.2) is 42.5 Å². The fourth-order valence-corrected chi connectivity index (χ4v) is 2.83. The highest BCUT2D eigenvalue weighted by atomic mass is 35.5. The van der Waals surface area contributed by atoms with Crippen LogP contribution in [0.25, 0.3) is 11.1 Å². The van der Waals surface area contributed by atoms with Crippen LogP contribution >= 0.6 is 11.6 Å². The summed E-state index contributed by atoms with van der Waals surface area (Å²) in [4.78, 5) is 0. The van der Waals surface area contributed by atoms with Crippen LogP contribution < -0.4 is 0 Å².